The van der Waals surface area contributed by atoms with Gasteiger partial charge in [0.25, 0.3) is 17.7 Å². The number of amides is 5. The Labute approximate surface area is 156 Å². The molecule has 0 atom stereocenters. The van der Waals surface area contributed by atoms with Crippen LogP contribution in [0.3, 0.4) is 0 Å². The van der Waals surface area contributed by atoms with E-state index in [9.17, 15) is 19.2 Å². The molecule has 1 aliphatic carbocycles. The van der Waals surface area contributed by atoms with Crippen molar-refractivity contribution in [2.45, 2.75) is 38.1 Å². The smallest absolute Gasteiger partial charge is 0.331 e. The van der Waals surface area contributed by atoms with Gasteiger partial charge in [0.1, 0.15) is 11.3 Å². The Kier molecular flexibility index (Phi) is 5.54. The van der Waals surface area contributed by atoms with Crippen molar-refractivity contribution < 1.29 is 23.9 Å². The van der Waals surface area contributed by atoms with E-state index in [-0.39, 0.29) is 18.2 Å². The number of nitrogens with zero attached hydrogens (tertiary/aromatic N) is 1. The molecule has 2 fully saturated rings. The largest absolute Gasteiger partial charge is 0.484 e. The highest BCUT2D eigenvalue weighted by molar-refractivity contribution is 6.31. The van der Waals surface area contributed by atoms with Gasteiger partial charge in [0.15, 0.2) is 6.61 Å². The van der Waals surface area contributed by atoms with Crippen LogP contribution in [0.5, 0.6) is 5.75 Å². The molecule has 8 nitrogen and oxygen atoms in total. The van der Waals surface area contributed by atoms with Gasteiger partial charge in [-0.3, -0.25) is 24.6 Å². The van der Waals surface area contributed by atoms with Crippen LogP contribution in [0.15, 0.2) is 29.8 Å². The van der Waals surface area contributed by atoms with E-state index in [1.165, 1.54) is 11.0 Å². The monoisotopic (exact) mass is 371 g/mol. The normalized spacial score (nSPS) is 19.9. The van der Waals surface area contributed by atoms with E-state index in [1.54, 1.807) is 24.3 Å². The van der Waals surface area contributed by atoms with Gasteiger partial charge >= 0.3 is 6.03 Å². The molecule has 1 heterocycles. The minimum Gasteiger partial charge on any atom is -0.484 e. The zero-order chi connectivity index (χ0) is 19.4. The van der Waals surface area contributed by atoms with Gasteiger partial charge in [0, 0.05) is 6.04 Å². The lowest BCUT2D eigenvalue weighted by atomic mass is 9.93. The van der Waals surface area contributed by atoms with Crippen LogP contribution in [0.1, 0.15) is 37.7 Å². The molecule has 1 saturated carbocycles. The van der Waals surface area contributed by atoms with Crippen LogP contribution < -0.4 is 15.8 Å². The number of benzene rings is 1. The van der Waals surface area contributed by atoms with Crippen molar-refractivity contribution in [2.24, 2.45) is 5.73 Å². The molecule has 1 saturated heterocycles. The van der Waals surface area contributed by atoms with Crippen LogP contribution in [0.4, 0.5) is 4.79 Å². The van der Waals surface area contributed by atoms with E-state index >= 15 is 0 Å². The molecule has 27 heavy (non-hydrogen) atoms. The summed E-state index contributed by atoms with van der Waals surface area (Å²) in [6, 6.07) is 5.67. The molecule has 0 bridgehead atoms. The maximum atomic E-state index is 12.8. The fourth-order valence-electron chi connectivity index (χ4n) is 3.32. The highest BCUT2D eigenvalue weighted by Crippen LogP contribution is 2.26. The van der Waals surface area contributed by atoms with Crippen molar-refractivity contribution in [2.75, 3.05) is 6.61 Å². The number of nitrogens with two attached hydrogens (primary N) is 1. The Hall–Kier alpha value is -3.16. The van der Waals surface area contributed by atoms with Gasteiger partial charge in [-0.05, 0) is 36.6 Å². The second kappa shape index (κ2) is 8.03. The Morgan fingerprint density at radius 1 is 1.15 bits per heavy atom. The molecule has 0 spiro atoms. The average molecular weight is 371 g/mol. The van der Waals surface area contributed by atoms with Crippen molar-refractivity contribution in [1.82, 2.24) is 10.2 Å². The maximum absolute atomic E-state index is 12.8. The number of nitrogens with one attached hydrogen (secondary N) is 1. The van der Waals surface area contributed by atoms with Crippen LogP contribution in [-0.4, -0.2) is 41.3 Å². The summed E-state index contributed by atoms with van der Waals surface area (Å²) in [4.78, 5) is 49.1. The Bertz CT molecular complexity index is 794. The molecule has 0 radical (unpaired) electrons. The number of primary amides is 1. The van der Waals surface area contributed by atoms with Gasteiger partial charge in [0.05, 0.1) is 0 Å². The molecule has 2 aliphatic rings. The minimum atomic E-state index is -0.703. The zero-order valence-corrected chi connectivity index (χ0v) is 14.8. The Morgan fingerprint density at radius 2 is 1.81 bits per heavy atom. The van der Waals surface area contributed by atoms with E-state index in [1.807, 2.05) is 0 Å². The van der Waals surface area contributed by atoms with Crippen molar-refractivity contribution in [3.8, 4) is 5.75 Å². The number of hydrogen-bond acceptors (Lipinski definition) is 5. The molecular weight excluding hydrogens is 350 g/mol. The van der Waals surface area contributed by atoms with E-state index in [0.29, 0.717) is 11.3 Å². The number of ether oxygens (including phenoxy) is 1. The number of hydrogen-bond donors (Lipinski definition) is 2. The summed E-state index contributed by atoms with van der Waals surface area (Å²) < 4.78 is 5.17. The third-order valence-electron chi connectivity index (χ3n) is 4.65. The molecule has 3 N–H and O–H groups in total. The molecule has 1 aromatic carbocycles. The van der Waals surface area contributed by atoms with E-state index in [2.05, 4.69) is 5.32 Å². The standard InChI is InChI=1S/C19H21N3O5/c20-16(23)11-27-14-8-6-12(7-9-14)10-15-17(24)21-19(26)22(18(15)25)13-4-2-1-3-5-13/h6-10,13H,1-5,11H2,(H2,20,23)(H,21,24,26). The van der Waals surface area contributed by atoms with Gasteiger partial charge in [-0.1, -0.05) is 31.4 Å². The van der Waals surface area contributed by atoms with Crippen LogP contribution in [-0.2, 0) is 14.4 Å². The summed E-state index contributed by atoms with van der Waals surface area (Å²) in [5, 5.41) is 2.25. The number of carbonyl (C=O) groups excluding carboxylic acids is 4. The lowest BCUT2D eigenvalue weighted by Gasteiger charge is -2.35. The predicted octanol–water partition coefficient (Wildman–Crippen LogP) is 1.35. The zero-order valence-electron chi connectivity index (χ0n) is 14.8. The van der Waals surface area contributed by atoms with Crippen LogP contribution in [0.25, 0.3) is 6.08 Å². The molecule has 0 aromatic heterocycles. The van der Waals surface area contributed by atoms with Gasteiger partial charge in [-0.2, -0.15) is 0 Å². The van der Waals surface area contributed by atoms with E-state index in [0.717, 1.165) is 32.1 Å². The number of carbonyl (C=O) groups is 4. The van der Waals surface area contributed by atoms with Gasteiger partial charge < -0.3 is 10.5 Å². The van der Waals surface area contributed by atoms with Crippen LogP contribution in [0, 0.1) is 0 Å². The third kappa shape index (κ3) is 4.33. The highest BCUT2D eigenvalue weighted by Gasteiger charge is 2.40. The predicted molar refractivity (Wildman–Crippen MR) is 96.4 cm³/mol. The topological polar surface area (TPSA) is 119 Å². The first-order valence-electron chi connectivity index (χ1n) is 8.87. The Balaban J connectivity index is 1.79. The first kappa shape index (κ1) is 18.6. The van der Waals surface area contributed by atoms with Gasteiger partial charge in [-0.15, -0.1) is 0 Å². The molecule has 1 aliphatic heterocycles. The number of rotatable bonds is 5. The first-order valence-corrected chi connectivity index (χ1v) is 8.87. The average Bonchev–Trinajstić information content (AvgIpc) is 2.65. The van der Waals surface area contributed by atoms with E-state index in [4.69, 9.17) is 10.5 Å². The molecular formula is C19H21N3O5. The van der Waals surface area contributed by atoms with E-state index < -0.39 is 23.8 Å². The van der Waals surface area contributed by atoms with Crippen molar-refractivity contribution in [1.29, 1.82) is 0 Å². The molecule has 3 rings (SSSR count). The summed E-state index contributed by atoms with van der Waals surface area (Å²) >= 11 is 0. The second-order valence-corrected chi connectivity index (χ2v) is 6.61. The summed E-state index contributed by atoms with van der Waals surface area (Å²) in [5.74, 6) is -1.41. The molecule has 5 amide bonds. The van der Waals surface area contributed by atoms with Gasteiger partial charge in [0.2, 0.25) is 0 Å². The minimum absolute atomic E-state index is 0.0778. The van der Waals surface area contributed by atoms with Crippen molar-refractivity contribution in [3.05, 3.63) is 35.4 Å². The number of urea groups is 1. The number of barbiturate groups is 1. The summed E-state index contributed by atoms with van der Waals surface area (Å²) in [6.07, 6.45) is 5.96. The SMILES string of the molecule is NC(=O)COc1ccc(C=C2C(=O)NC(=O)N(C3CCCCC3)C2=O)cc1. The lowest BCUT2D eigenvalue weighted by molar-refractivity contribution is -0.132. The molecule has 1 aromatic rings. The Morgan fingerprint density at radius 3 is 2.44 bits per heavy atom. The first-order chi connectivity index (χ1) is 13.0. The maximum Gasteiger partial charge on any atom is 0.331 e. The van der Waals surface area contributed by atoms with Crippen molar-refractivity contribution in [3.63, 3.8) is 0 Å². The van der Waals surface area contributed by atoms with Crippen molar-refractivity contribution >= 4 is 29.8 Å². The van der Waals surface area contributed by atoms with Crippen LogP contribution >= 0.6 is 0 Å². The molecule has 8 heteroatoms. The summed E-state index contributed by atoms with van der Waals surface area (Å²) in [5.41, 5.74) is 5.54. The molecule has 0 unspecified atom stereocenters. The quantitative estimate of drug-likeness (QED) is 0.598. The summed E-state index contributed by atoms with van der Waals surface area (Å²) in [7, 11) is 0. The van der Waals surface area contributed by atoms with Crippen LogP contribution in [0.2, 0.25) is 0 Å². The highest BCUT2D eigenvalue weighted by atomic mass is 16.5. The van der Waals surface area contributed by atoms with Gasteiger partial charge in [-0.25, -0.2) is 4.79 Å². The fraction of sp³-hybridized carbons (Fsp3) is 0.368. The summed E-state index contributed by atoms with van der Waals surface area (Å²) in [6.45, 7) is -0.236. The third-order valence-corrected chi connectivity index (χ3v) is 4.65. The lowest BCUT2D eigenvalue weighted by Crippen LogP contribution is -2.58. The molecule has 142 valence electrons. The fourth-order valence-corrected chi connectivity index (χ4v) is 3.32. The number of imide groups is 2. The second-order valence-electron chi connectivity index (χ2n) is 6.61.